The first-order chi connectivity index (χ1) is 10.9. The zero-order valence-corrected chi connectivity index (χ0v) is 16.8. The quantitative estimate of drug-likeness (QED) is 0.391. The fraction of sp³-hybridized carbons (Fsp3) is 0.462. The van der Waals surface area contributed by atoms with Gasteiger partial charge in [-0.05, 0) is 42.8 Å². The molecular formula is C13H19Cl2N2O3PS2. The number of hydrogen-bond acceptors (Lipinski definition) is 5. The number of halogens is 2. The van der Waals surface area contributed by atoms with Gasteiger partial charge in [0.2, 0.25) is 0 Å². The SMILES string of the molecule is CCCOP(=S)(OCCC)SNC(=O)Nc1ccc(Cl)c(Cl)c1. The van der Waals surface area contributed by atoms with Crippen molar-refractivity contribution in [2.45, 2.75) is 26.7 Å². The number of nitrogens with one attached hydrogen (secondary N) is 2. The lowest BCUT2D eigenvalue weighted by Crippen LogP contribution is -2.23. The van der Waals surface area contributed by atoms with Crippen LogP contribution < -0.4 is 10.0 Å². The Morgan fingerprint density at radius 1 is 1.22 bits per heavy atom. The third-order valence-electron chi connectivity index (χ3n) is 2.33. The predicted molar refractivity (Wildman–Crippen MR) is 103 cm³/mol. The fourth-order valence-electron chi connectivity index (χ4n) is 1.32. The molecule has 1 aromatic rings. The van der Waals surface area contributed by atoms with Crippen LogP contribution in [0.4, 0.5) is 10.5 Å². The molecule has 2 amide bonds. The highest BCUT2D eigenvalue weighted by atomic mass is 35.5. The van der Waals surface area contributed by atoms with E-state index in [0.717, 1.165) is 24.4 Å². The maximum atomic E-state index is 11.9. The van der Waals surface area contributed by atoms with Crippen molar-refractivity contribution in [1.29, 1.82) is 0 Å². The van der Waals surface area contributed by atoms with Crippen molar-refractivity contribution in [2.75, 3.05) is 18.5 Å². The lowest BCUT2D eigenvalue weighted by atomic mass is 10.3. The molecule has 0 bridgehead atoms. The first-order valence-electron chi connectivity index (χ1n) is 7.00. The standard InChI is InChI=1S/C13H19Cl2N2O3PS2/c1-3-7-19-21(22,20-8-4-2)23-17-13(18)16-10-5-6-11(14)12(15)9-10/h5-6,9H,3-4,7-8H2,1-2H3,(H2,16,17,18). The Morgan fingerprint density at radius 3 is 2.35 bits per heavy atom. The molecule has 0 atom stereocenters. The van der Waals surface area contributed by atoms with E-state index in [9.17, 15) is 4.79 Å². The molecule has 130 valence electrons. The van der Waals surface area contributed by atoms with Gasteiger partial charge in [-0.15, -0.1) is 0 Å². The fourth-order valence-corrected chi connectivity index (χ4v) is 4.99. The Bertz CT molecular complexity index is 566. The van der Waals surface area contributed by atoms with Gasteiger partial charge in [0.05, 0.1) is 23.3 Å². The Balaban J connectivity index is 2.56. The molecule has 0 radical (unpaired) electrons. The van der Waals surface area contributed by atoms with Crippen LogP contribution in [-0.2, 0) is 20.9 Å². The summed E-state index contributed by atoms with van der Waals surface area (Å²) in [5.74, 6) is 0. The van der Waals surface area contributed by atoms with Gasteiger partial charge in [-0.25, -0.2) is 4.79 Å². The van der Waals surface area contributed by atoms with Crippen LogP contribution in [0.5, 0.6) is 0 Å². The van der Waals surface area contributed by atoms with Crippen molar-refractivity contribution >= 4 is 64.0 Å². The van der Waals surface area contributed by atoms with Crippen molar-refractivity contribution < 1.29 is 13.8 Å². The summed E-state index contributed by atoms with van der Waals surface area (Å²) in [4.78, 5) is 11.9. The molecule has 5 nitrogen and oxygen atoms in total. The summed E-state index contributed by atoms with van der Waals surface area (Å²) in [5.41, 5.74) is -2.07. The molecule has 10 heteroatoms. The Labute approximate surface area is 155 Å². The molecule has 0 saturated carbocycles. The molecule has 1 aromatic carbocycles. The van der Waals surface area contributed by atoms with Gasteiger partial charge in [0.25, 0.3) is 5.69 Å². The van der Waals surface area contributed by atoms with Gasteiger partial charge in [0, 0.05) is 17.3 Å². The van der Waals surface area contributed by atoms with Crippen LogP contribution in [0.25, 0.3) is 0 Å². The van der Waals surface area contributed by atoms with Crippen LogP contribution in [0, 0.1) is 0 Å². The van der Waals surface area contributed by atoms with Crippen molar-refractivity contribution in [2.24, 2.45) is 0 Å². The zero-order chi connectivity index (χ0) is 17.3. The normalized spacial score (nSPS) is 11.3. The molecule has 0 aliphatic rings. The minimum absolute atomic E-state index is 0.361. The lowest BCUT2D eigenvalue weighted by Gasteiger charge is -2.20. The number of carbonyl (C=O) groups excluding carboxylic acids is 1. The molecule has 0 aromatic heterocycles. The van der Waals surface area contributed by atoms with Crippen molar-refractivity contribution in [3.63, 3.8) is 0 Å². The van der Waals surface area contributed by atoms with Crippen molar-refractivity contribution in [1.82, 2.24) is 4.72 Å². The maximum Gasteiger partial charge on any atom is 0.329 e. The topological polar surface area (TPSA) is 59.6 Å². The Hall–Kier alpha value is -0.0100. The molecule has 0 aliphatic carbocycles. The number of benzene rings is 1. The van der Waals surface area contributed by atoms with Crippen LogP contribution >= 0.6 is 40.5 Å². The molecule has 1 rings (SSSR count). The average molecular weight is 417 g/mol. The summed E-state index contributed by atoms with van der Waals surface area (Å²) >= 11 is 18.1. The smallest absolute Gasteiger partial charge is 0.321 e. The van der Waals surface area contributed by atoms with Crippen LogP contribution in [0.2, 0.25) is 10.0 Å². The zero-order valence-electron chi connectivity index (χ0n) is 12.8. The summed E-state index contributed by atoms with van der Waals surface area (Å²) < 4.78 is 13.8. The first-order valence-corrected chi connectivity index (χ1v) is 11.8. The van der Waals surface area contributed by atoms with Crippen LogP contribution in [0.3, 0.4) is 0 Å². The van der Waals surface area contributed by atoms with Gasteiger partial charge < -0.3 is 14.4 Å². The minimum atomic E-state index is -2.60. The third kappa shape index (κ3) is 8.07. The van der Waals surface area contributed by atoms with Crippen LogP contribution in [0.1, 0.15) is 26.7 Å². The van der Waals surface area contributed by atoms with Gasteiger partial charge in [-0.1, -0.05) is 37.0 Å². The second-order valence-electron chi connectivity index (χ2n) is 4.39. The Kier molecular flexibility index (Phi) is 9.85. The van der Waals surface area contributed by atoms with E-state index in [1.165, 1.54) is 0 Å². The summed E-state index contributed by atoms with van der Waals surface area (Å²) in [6, 6.07) is 4.37. The Morgan fingerprint density at radius 2 is 1.83 bits per heavy atom. The predicted octanol–water partition coefficient (Wildman–Crippen LogP) is 5.84. The number of rotatable bonds is 9. The number of amides is 2. The van der Waals surface area contributed by atoms with E-state index in [4.69, 9.17) is 44.1 Å². The summed E-state index contributed by atoms with van der Waals surface area (Å²) in [7, 11) is 0. The monoisotopic (exact) mass is 416 g/mol. The number of carbonyl (C=O) groups is 1. The summed E-state index contributed by atoms with van der Waals surface area (Å²) in [6.07, 6.45) is 1.65. The minimum Gasteiger partial charge on any atom is -0.321 e. The second kappa shape index (κ2) is 10.8. The number of hydrogen-bond donors (Lipinski definition) is 2. The van der Waals surface area contributed by atoms with Gasteiger partial charge in [-0.2, -0.15) is 0 Å². The molecule has 0 unspecified atom stereocenters. The third-order valence-corrected chi connectivity index (χ3v) is 7.45. The number of urea groups is 1. The van der Waals surface area contributed by atoms with Gasteiger partial charge in [0.15, 0.2) is 0 Å². The first kappa shape index (κ1) is 21.0. The molecule has 0 fully saturated rings. The van der Waals surface area contributed by atoms with Crippen molar-refractivity contribution in [3.05, 3.63) is 28.2 Å². The molecule has 0 spiro atoms. The van der Waals surface area contributed by atoms with E-state index in [2.05, 4.69) is 10.0 Å². The summed E-state index contributed by atoms with van der Waals surface area (Å²) in [5, 5.41) is 3.42. The molecule has 23 heavy (non-hydrogen) atoms. The average Bonchev–Trinajstić information content (AvgIpc) is 2.53. The van der Waals surface area contributed by atoms with Crippen LogP contribution in [-0.4, -0.2) is 19.2 Å². The maximum absolute atomic E-state index is 11.9. The van der Waals surface area contributed by atoms with E-state index >= 15 is 0 Å². The van der Waals surface area contributed by atoms with E-state index < -0.39 is 11.7 Å². The molecular weight excluding hydrogens is 398 g/mol. The van der Waals surface area contributed by atoms with E-state index in [-0.39, 0.29) is 0 Å². The van der Waals surface area contributed by atoms with Gasteiger partial charge in [-0.3, -0.25) is 4.72 Å². The lowest BCUT2D eigenvalue weighted by molar-refractivity contribution is 0.255. The highest BCUT2D eigenvalue weighted by molar-refractivity contribution is 8.67. The van der Waals surface area contributed by atoms with Gasteiger partial charge in [0.1, 0.15) is 0 Å². The second-order valence-corrected chi connectivity index (χ2v) is 11.1. The molecule has 0 heterocycles. The van der Waals surface area contributed by atoms with Gasteiger partial charge >= 0.3 is 6.03 Å². The molecule has 0 aliphatic heterocycles. The van der Waals surface area contributed by atoms with Crippen LogP contribution in [0.15, 0.2) is 18.2 Å². The van der Waals surface area contributed by atoms with E-state index in [1.54, 1.807) is 18.2 Å². The van der Waals surface area contributed by atoms with E-state index in [0.29, 0.717) is 28.9 Å². The highest BCUT2D eigenvalue weighted by Crippen LogP contribution is 2.59. The highest BCUT2D eigenvalue weighted by Gasteiger charge is 2.21. The molecule has 2 N–H and O–H groups in total. The summed E-state index contributed by atoms with van der Waals surface area (Å²) in [6.45, 7) is 4.94. The molecule has 0 saturated heterocycles. The van der Waals surface area contributed by atoms with E-state index in [1.807, 2.05) is 13.8 Å². The number of anilines is 1. The van der Waals surface area contributed by atoms with Crippen molar-refractivity contribution in [3.8, 4) is 0 Å². The largest absolute Gasteiger partial charge is 0.329 e.